The Bertz CT molecular complexity index is 817. The highest BCUT2D eigenvalue weighted by molar-refractivity contribution is 5.82. The summed E-state index contributed by atoms with van der Waals surface area (Å²) in [7, 11) is 2.16. The van der Waals surface area contributed by atoms with Crippen molar-refractivity contribution in [1.82, 2.24) is 21.1 Å². The van der Waals surface area contributed by atoms with E-state index in [9.17, 15) is 9.90 Å². The van der Waals surface area contributed by atoms with Gasteiger partial charge in [0.2, 0.25) is 5.91 Å². The zero-order chi connectivity index (χ0) is 20.3. The molecule has 0 radical (unpaired) electrons. The summed E-state index contributed by atoms with van der Waals surface area (Å²) in [6.45, 7) is 2.74. The molecule has 0 aromatic heterocycles. The predicted octanol–water partition coefficient (Wildman–Crippen LogP) is 2.08. The molecule has 2 atom stereocenters. The minimum absolute atomic E-state index is 0.00811. The molecule has 2 fully saturated rings. The molecule has 2 aliphatic rings. The highest BCUT2D eigenvalue weighted by Gasteiger charge is 2.37. The molecule has 2 unspecified atom stereocenters. The Labute approximate surface area is 172 Å². The molecule has 2 heterocycles. The number of hydrazine groups is 1. The SMILES string of the molecule is CN1CCC(CNC(=O)C2CC(c3ccc(O)cc3)NN2)(c2ccccc2)CC1. The van der Waals surface area contributed by atoms with Crippen LogP contribution in [-0.4, -0.2) is 48.6 Å². The van der Waals surface area contributed by atoms with Gasteiger partial charge in [0.05, 0.1) is 0 Å². The fourth-order valence-corrected chi connectivity index (χ4v) is 4.44. The summed E-state index contributed by atoms with van der Waals surface area (Å²) in [5, 5.41) is 12.7. The van der Waals surface area contributed by atoms with Crippen LogP contribution >= 0.6 is 0 Å². The van der Waals surface area contributed by atoms with Crippen LogP contribution in [-0.2, 0) is 10.2 Å². The molecule has 0 saturated carbocycles. The van der Waals surface area contributed by atoms with Gasteiger partial charge in [-0.05, 0) is 62.7 Å². The molecule has 1 amide bonds. The molecule has 2 saturated heterocycles. The van der Waals surface area contributed by atoms with Crippen molar-refractivity contribution in [2.75, 3.05) is 26.7 Å². The summed E-state index contributed by atoms with van der Waals surface area (Å²) >= 11 is 0. The monoisotopic (exact) mass is 394 g/mol. The molecule has 154 valence electrons. The van der Waals surface area contributed by atoms with Crippen molar-refractivity contribution < 1.29 is 9.90 Å². The van der Waals surface area contributed by atoms with Crippen molar-refractivity contribution in [3.63, 3.8) is 0 Å². The number of hydrogen-bond donors (Lipinski definition) is 4. The number of benzene rings is 2. The molecule has 0 bridgehead atoms. The molecule has 2 aliphatic heterocycles. The Morgan fingerprint density at radius 2 is 1.79 bits per heavy atom. The van der Waals surface area contributed by atoms with Gasteiger partial charge in [-0.1, -0.05) is 42.5 Å². The summed E-state index contributed by atoms with van der Waals surface area (Å²) in [6, 6.07) is 17.5. The number of carbonyl (C=O) groups excluding carboxylic acids is 1. The molecule has 0 aliphatic carbocycles. The Kier molecular flexibility index (Phi) is 5.85. The van der Waals surface area contributed by atoms with Gasteiger partial charge in [-0.2, -0.15) is 0 Å². The lowest BCUT2D eigenvalue weighted by Gasteiger charge is -2.41. The summed E-state index contributed by atoms with van der Waals surface area (Å²) in [5.41, 5.74) is 8.70. The molecule has 0 spiro atoms. The zero-order valence-electron chi connectivity index (χ0n) is 16.9. The van der Waals surface area contributed by atoms with Crippen molar-refractivity contribution in [1.29, 1.82) is 0 Å². The Balaban J connectivity index is 1.39. The molecular weight excluding hydrogens is 364 g/mol. The van der Waals surface area contributed by atoms with E-state index in [-0.39, 0.29) is 29.2 Å². The van der Waals surface area contributed by atoms with E-state index >= 15 is 0 Å². The molecule has 2 aromatic carbocycles. The maximum absolute atomic E-state index is 12.9. The van der Waals surface area contributed by atoms with Crippen molar-refractivity contribution in [2.45, 2.75) is 36.8 Å². The average molecular weight is 395 g/mol. The van der Waals surface area contributed by atoms with Crippen LogP contribution in [0.4, 0.5) is 0 Å². The van der Waals surface area contributed by atoms with Crippen LogP contribution in [0.15, 0.2) is 54.6 Å². The smallest absolute Gasteiger partial charge is 0.238 e. The van der Waals surface area contributed by atoms with Crippen molar-refractivity contribution in [2.24, 2.45) is 0 Å². The van der Waals surface area contributed by atoms with Crippen LogP contribution in [0.2, 0.25) is 0 Å². The number of likely N-dealkylation sites (tertiary alicyclic amines) is 1. The van der Waals surface area contributed by atoms with E-state index in [1.165, 1.54) is 5.56 Å². The lowest BCUT2D eigenvalue weighted by Crippen LogP contribution is -2.51. The normalized spacial score (nSPS) is 24.3. The lowest BCUT2D eigenvalue weighted by atomic mass is 9.72. The number of phenols is 1. The number of carbonyl (C=O) groups is 1. The van der Waals surface area contributed by atoms with Crippen molar-refractivity contribution in [3.8, 4) is 5.75 Å². The molecule has 2 aromatic rings. The van der Waals surface area contributed by atoms with Gasteiger partial charge in [-0.15, -0.1) is 0 Å². The average Bonchev–Trinajstić information content (AvgIpc) is 3.25. The third-order valence-electron chi connectivity index (χ3n) is 6.45. The van der Waals surface area contributed by atoms with E-state index in [0.29, 0.717) is 13.0 Å². The number of piperidine rings is 1. The van der Waals surface area contributed by atoms with Crippen molar-refractivity contribution in [3.05, 3.63) is 65.7 Å². The fourth-order valence-electron chi connectivity index (χ4n) is 4.44. The second kappa shape index (κ2) is 8.53. The van der Waals surface area contributed by atoms with Gasteiger partial charge in [0.15, 0.2) is 0 Å². The summed E-state index contributed by atoms with van der Waals surface area (Å²) in [5.74, 6) is 0.284. The number of hydrogen-bond acceptors (Lipinski definition) is 5. The van der Waals surface area contributed by atoms with E-state index in [1.807, 2.05) is 18.2 Å². The molecule has 6 nitrogen and oxygen atoms in total. The topological polar surface area (TPSA) is 76.6 Å². The number of amides is 1. The second-order valence-electron chi connectivity index (χ2n) is 8.39. The number of aromatic hydroxyl groups is 1. The minimum atomic E-state index is -0.270. The van der Waals surface area contributed by atoms with E-state index in [2.05, 4.69) is 52.4 Å². The van der Waals surface area contributed by atoms with Gasteiger partial charge in [0, 0.05) is 18.0 Å². The minimum Gasteiger partial charge on any atom is -0.508 e. The summed E-state index contributed by atoms with van der Waals surface area (Å²) in [6.07, 6.45) is 2.76. The van der Waals surface area contributed by atoms with Crippen LogP contribution in [0.3, 0.4) is 0 Å². The number of rotatable bonds is 5. The first-order valence-electron chi connectivity index (χ1n) is 10.4. The Morgan fingerprint density at radius 3 is 2.48 bits per heavy atom. The number of nitrogens with zero attached hydrogens (tertiary/aromatic N) is 1. The van der Waals surface area contributed by atoms with Gasteiger partial charge in [-0.3, -0.25) is 4.79 Å². The van der Waals surface area contributed by atoms with E-state index in [0.717, 1.165) is 31.5 Å². The maximum atomic E-state index is 12.9. The second-order valence-corrected chi connectivity index (χ2v) is 8.39. The first-order chi connectivity index (χ1) is 14.1. The summed E-state index contributed by atoms with van der Waals surface area (Å²) < 4.78 is 0. The van der Waals surface area contributed by atoms with Crippen LogP contribution in [0.25, 0.3) is 0 Å². The third kappa shape index (κ3) is 4.45. The van der Waals surface area contributed by atoms with E-state index in [1.54, 1.807) is 12.1 Å². The standard InChI is InChI=1S/C23H30N4O2/c1-27-13-11-23(12-14-27,18-5-3-2-4-6-18)16-24-22(29)21-15-20(25-26-21)17-7-9-19(28)10-8-17/h2-10,20-21,25-26,28H,11-16H2,1H3,(H,24,29). The van der Waals surface area contributed by atoms with Gasteiger partial charge in [0.25, 0.3) is 0 Å². The highest BCUT2D eigenvalue weighted by atomic mass is 16.3. The van der Waals surface area contributed by atoms with Gasteiger partial charge in [0.1, 0.15) is 11.8 Å². The highest BCUT2D eigenvalue weighted by Crippen LogP contribution is 2.35. The summed E-state index contributed by atoms with van der Waals surface area (Å²) in [4.78, 5) is 15.2. The first-order valence-corrected chi connectivity index (χ1v) is 10.4. The molecular formula is C23H30N4O2. The van der Waals surface area contributed by atoms with Gasteiger partial charge in [-0.25, -0.2) is 10.9 Å². The van der Waals surface area contributed by atoms with E-state index in [4.69, 9.17) is 0 Å². The van der Waals surface area contributed by atoms with E-state index < -0.39 is 0 Å². The van der Waals surface area contributed by atoms with Crippen LogP contribution in [0.1, 0.15) is 36.4 Å². The van der Waals surface area contributed by atoms with Crippen LogP contribution < -0.4 is 16.2 Å². The zero-order valence-corrected chi connectivity index (χ0v) is 16.9. The van der Waals surface area contributed by atoms with Crippen LogP contribution in [0.5, 0.6) is 5.75 Å². The number of nitrogens with one attached hydrogen (secondary N) is 3. The molecule has 4 rings (SSSR count). The molecule has 4 N–H and O–H groups in total. The Morgan fingerprint density at radius 1 is 1.10 bits per heavy atom. The molecule has 6 heteroatoms. The Hall–Kier alpha value is -2.41. The lowest BCUT2D eigenvalue weighted by molar-refractivity contribution is -0.123. The number of phenolic OH excluding ortho intramolecular Hbond substituents is 1. The van der Waals surface area contributed by atoms with Gasteiger partial charge >= 0.3 is 0 Å². The quantitative estimate of drug-likeness (QED) is 0.625. The van der Waals surface area contributed by atoms with Crippen LogP contribution in [0, 0.1) is 0 Å². The molecule has 29 heavy (non-hydrogen) atoms. The largest absolute Gasteiger partial charge is 0.508 e. The maximum Gasteiger partial charge on any atom is 0.238 e. The van der Waals surface area contributed by atoms with Gasteiger partial charge < -0.3 is 15.3 Å². The van der Waals surface area contributed by atoms with Crippen molar-refractivity contribution >= 4 is 5.91 Å². The first kappa shape index (κ1) is 19.9. The third-order valence-corrected chi connectivity index (χ3v) is 6.45. The predicted molar refractivity (Wildman–Crippen MR) is 113 cm³/mol. The fraction of sp³-hybridized carbons (Fsp3) is 0.435.